The van der Waals surface area contributed by atoms with Crippen LogP contribution in [0.3, 0.4) is 0 Å². The number of hydrazine groups is 1. The Balaban J connectivity index is 1.53. The van der Waals surface area contributed by atoms with Gasteiger partial charge in [0.15, 0.2) is 0 Å². The predicted octanol–water partition coefficient (Wildman–Crippen LogP) is 2.93. The molecular weight excluding hydrogens is 494 g/mol. The van der Waals surface area contributed by atoms with Crippen molar-refractivity contribution in [2.45, 2.75) is 19.4 Å². The highest BCUT2D eigenvalue weighted by Crippen LogP contribution is 2.26. The number of rotatable bonds is 8. The van der Waals surface area contributed by atoms with Gasteiger partial charge in [-0.05, 0) is 67.7 Å². The Hall–Kier alpha value is -4.64. The highest BCUT2D eigenvalue weighted by molar-refractivity contribution is 7.80. The first-order chi connectivity index (χ1) is 17.9. The van der Waals surface area contributed by atoms with Gasteiger partial charge in [-0.25, -0.2) is 9.80 Å². The van der Waals surface area contributed by atoms with E-state index in [9.17, 15) is 19.2 Å². The lowest BCUT2D eigenvalue weighted by molar-refractivity contribution is -0.124. The molecule has 3 aromatic rings. The molecule has 1 fully saturated rings. The standard InChI is InChI=1S/C26H23N5O5S/c1-2-36-25(35)18-8-10-19(11-9-18)28-22(32)16-21-24(34)30(20-6-4-3-5-7-20)26(37)31(21)29-23(33)17-12-14-27-15-13-17/h3-15,21H,2,16H2,1H3,(H,28,32)(H,29,33)/t21-/m1/s1. The van der Waals surface area contributed by atoms with Gasteiger partial charge in [-0.1, -0.05) is 18.2 Å². The topological polar surface area (TPSA) is 121 Å². The zero-order valence-electron chi connectivity index (χ0n) is 19.8. The molecule has 0 spiro atoms. The van der Waals surface area contributed by atoms with E-state index in [-0.39, 0.29) is 18.1 Å². The van der Waals surface area contributed by atoms with Crippen LogP contribution in [0.1, 0.15) is 34.1 Å². The van der Waals surface area contributed by atoms with Gasteiger partial charge in [0.25, 0.3) is 11.8 Å². The summed E-state index contributed by atoms with van der Waals surface area (Å²) in [6.07, 6.45) is 2.64. The third-order valence-electron chi connectivity index (χ3n) is 5.45. The van der Waals surface area contributed by atoms with Gasteiger partial charge in [0.05, 0.1) is 24.3 Å². The molecule has 3 amide bonds. The molecule has 11 heteroatoms. The second-order valence-corrected chi connectivity index (χ2v) is 8.27. The summed E-state index contributed by atoms with van der Waals surface area (Å²) in [5.41, 5.74) is 4.26. The minimum atomic E-state index is -1.09. The molecule has 0 aliphatic carbocycles. The minimum Gasteiger partial charge on any atom is -0.462 e. The van der Waals surface area contributed by atoms with Crippen LogP contribution in [0.4, 0.5) is 11.4 Å². The number of nitrogens with one attached hydrogen (secondary N) is 2. The highest BCUT2D eigenvalue weighted by atomic mass is 32.1. The number of amides is 3. The van der Waals surface area contributed by atoms with Crippen LogP contribution in [-0.4, -0.2) is 51.4 Å². The Morgan fingerprint density at radius 3 is 2.30 bits per heavy atom. The lowest BCUT2D eigenvalue weighted by Crippen LogP contribution is -2.49. The van der Waals surface area contributed by atoms with E-state index < -0.39 is 29.7 Å². The number of aromatic nitrogens is 1. The number of hydrogen-bond acceptors (Lipinski definition) is 7. The molecule has 0 unspecified atom stereocenters. The SMILES string of the molecule is CCOC(=O)c1ccc(NC(=O)C[C@@H]2C(=O)N(c3ccccc3)C(=S)N2NC(=O)c2ccncc2)cc1. The van der Waals surface area contributed by atoms with Crippen LogP contribution in [0.15, 0.2) is 79.1 Å². The third kappa shape index (κ3) is 5.78. The summed E-state index contributed by atoms with van der Waals surface area (Å²) in [7, 11) is 0. The molecule has 1 aliphatic rings. The van der Waals surface area contributed by atoms with Crippen LogP contribution >= 0.6 is 12.2 Å². The number of esters is 1. The van der Waals surface area contributed by atoms with Crippen molar-refractivity contribution in [1.82, 2.24) is 15.4 Å². The smallest absolute Gasteiger partial charge is 0.338 e. The number of benzene rings is 2. The molecule has 4 rings (SSSR count). The summed E-state index contributed by atoms with van der Waals surface area (Å²) in [5.74, 6) is -1.92. The van der Waals surface area contributed by atoms with Crippen LogP contribution in [-0.2, 0) is 14.3 Å². The van der Waals surface area contributed by atoms with E-state index in [2.05, 4.69) is 15.7 Å². The maximum Gasteiger partial charge on any atom is 0.338 e. The van der Waals surface area contributed by atoms with E-state index in [1.807, 2.05) is 0 Å². The monoisotopic (exact) mass is 517 g/mol. The average molecular weight is 518 g/mol. The minimum absolute atomic E-state index is 0.0372. The lowest BCUT2D eigenvalue weighted by atomic mass is 10.1. The normalized spacial score (nSPS) is 14.9. The molecular formula is C26H23N5O5S. The molecule has 2 N–H and O–H groups in total. The Bertz CT molecular complexity index is 1320. The van der Waals surface area contributed by atoms with Crippen molar-refractivity contribution in [3.05, 3.63) is 90.3 Å². The van der Waals surface area contributed by atoms with E-state index in [4.69, 9.17) is 17.0 Å². The van der Waals surface area contributed by atoms with Gasteiger partial charge < -0.3 is 10.1 Å². The first-order valence-corrected chi connectivity index (χ1v) is 11.8. The molecule has 2 heterocycles. The second kappa shape index (κ2) is 11.4. The fourth-order valence-corrected chi connectivity index (χ4v) is 4.05. The fraction of sp³-hybridized carbons (Fsp3) is 0.154. The number of anilines is 2. The Kier molecular flexibility index (Phi) is 7.84. The van der Waals surface area contributed by atoms with Crippen LogP contribution in [0.25, 0.3) is 0 Å². The van der Waals surface area contributed by atoms with Gasteiger partial charge >= 0.3 is 5.97 Å². The van der Waals surface area contributed by atoms with E-state index in [0.717, 1.165) is 0 Å². The molecule has 1 atom stereocenters. The number of para-hydroxylation sites is 1. The summed E-state index contributed by atoms with van der Waals surface area (Å²) in [6, 6.07) is 16.9. The molecule has 37 heavy (non-hydrogen) atoms. The number of hydrogen-bond donors (Lipinski definition) is 2. The van der Waals surface area contributed by atoms with Crippen molar-refractivity contribution < 1.29 is 23.9 Å². The molecule has 1 saturated heterocycles. The molecule has 0 bridgehead atoms. The quantitative estimate of drug-likeness (QED) is 0.346. The summed E-state index contributed by atoms with van der Waals surface area (Å²) in [4.78, 5) is 56.2. The second-order valence-electron chi connectivity index (χ2n) is 7.90. The predicted molar refractivity (Wildman–Crippen MR) is 140 cm³/mol. The maximum atomic E-state index is 13.4. The highest BCUT2D eigenvalue weighted by Gasteiger charge is 2.45. The first kappa shape index (κ1) is 25.5. The van der Waals surface area contributed by atoms with Gasteiger partial charge in [0, 0.05) is 23.6 Å². The van der Waals surface area contributed by atoms with Gasteiger partial charge in [-0.3, -0.25) is 29.7 Å². The zero-order chi connectivity index (χ0) is 26.4. The Morgan fingerprint density at radius 2 is 1.65 bits per heavy atom. The van der Waals surface area contributed by atoms with E-state index >= 15 is 0 Å². The summed E-state index contributed by atoms with van der Waals surface area (Å²) < 4.78 is 4.96. The van der Waals surface area contributed by atoms with Crippen molar-refractivity contribution in [2.75, 3.05) is 16.8 Å². The van der Waals surface area contributed by atoms with Crippen LogP contribution in [0, 0.1) is 0 Å². The number of nitrogens with zero attached hydrogens (tertiary/aromatic N) is 3. The van der Waals surface area contributed by atoms with Gasteiger partial charge in [0.1, 0.15) is 6.04 Å². The summed E-state index contributed by atoms with van der Waals surface area (Å²) >= 11 is 5.54. The number of ether oxygens (including phenoxy) is 1. The number of pyridine rings is 1. The molecule has 2 aromatic carbocycles. The lowest BCUT2D eigenvalue weighted by Gasteiger charge is -2.24. The number of carbonyl (C=O) groups is 4. The molecule has 0 saturated carbocycles. The van der Waals surface area contributed by atoms with Gasteiger partial charge in [-0.2, -0.15) is 0 Å². The number of carbonyl (C=O) groups excluding carboxylic acids is 4. The molecule has 1 aromatic heterocycles. The average Bonchev–Trinajstić information content (AvgIpc) is 3.14. The third-order valence-corrected chi connectivity index (χ3v) is 5.83. The zero-order valence-corrected chi connectivity index (χ0v) is 20.6. The first-order valence-electron chi connectivity index (χ1n) is 11.4. The van der Waals surface area contributed by atoms with Crippen molar-refractivity contribution in [2.24, 2.45) is 0 Å². The van der Waals surface area contributed by atoms with E-state index in [1.165, 1.54) is 46.6 Å². The van der Waals surface area contributed by atoms with E-state index in [0.29, 0.717) is 22.5 Å². The van der Waals surface area contributed by atoms with Crippen molar-refractivity contribution >= 4 is 52.4 Å². The molecule has 1 aliphatic heterocycles. The fourth-order valence-electron chi connectivity index (χ4n) is 3.68. The molecule has 188 valence electrons. The molecule has 0 radical (unpaired) electrons. The van der Waals surface area contributed by atoms with Crippen molar-refractivity contribution in [3.8, 4) is 0 Å². The van der Waals surface area contributed by atoms with Crippen LogP contribution in [0.5, 0.6) is 0 Å². The molecule has 10 nitrogen and oxygen atoms in total. The van der Waals surface area contributed by atoms with Gasteiger partial charge in [0.2, 0.25) is 11.0 Å². The Morgan fingerprint density at radius 1 is 0.973 bits per heavy atom. The van der Waals surface area contributed by atoms with Crippen molar-refractivity contribution in [1.29, 1.82) is 0 Å². The van der Waals surface area contributed by atoms with E-state index in [1.54, 1.807) is 49.4 Å². The largest absolute Gasteiger partial charge is 0.462 e. The van der Waals surface area contributed by atoms with Crippen LogP contribution in [0.2, 0.25) is 0 Å². The van der Waals surface area contributed by atoms with Gasteiger partial charge in [-0.15, -0.1) is 0 Å². The maximum absolute atomic E-state index is 13.4. The number of thiocarbonyl (C=S) groups is 1. The summed E-state index contributed by atoms with van der Waals surface area (Å²) in [5, 5.41) is 3.98. The van der Waals surface area contributed by atoms with Crippen molar-refractivity contribution in [3.63, 3.8) is 0 Å². The van der Waals surface area contributed by atoms with Crippen LogP contribution < -0.4 is 15.6 Å². The summed E-state index contributed by atoms with van der Waals surface area (Å²) in [6.45, 7) is 1.97. The Labute approximate surface area is 218 Å².